The average Bonchev–Trinajstić information content (AvgIpc) is 2.32. The van der Waals surface area contributed by atoms with Crippen molar-refractivity contribution in [1.82, 2.24) is 4.90 Å². The van der Waals surface area contributed by atoms with Crippen LogP contribution in [0.4, 0.5) is 4.79 Å². The highest BCUT2D eigenvalue weighted by atomic mass is 35.5. The quantitative estimate of drug-likeness (QED) is 0.912. The summed E-state index contributed by atoms with van der Waals surface area (Å²) in [6, 6.07) is 5.09. The van der Waals surface area contributed by atoms with Crippen LogP contribution in [0.1, 0.15) is 26.3 Å². The van der Waals surface area contributed by atoms with E-state index in [-0.39, 0.29) is 13.1 Å². The minimum Gasteiger partial charge on any atom is -0.497 e. The Morgan fingerprint density at radius 1 is 1.38 bits per heavy atom. The Bertz CT molecular complexity index is 547. The summed E-state index contributed by atoms with van der Waals surface area (Å²) in [5.41, 5.74) is -1.10. The standard InChI is InChI=1S/C15H20ClNO4/c1-14(2,3)21-13(18)17-8-15(19,9-17)11-6-5-10(20-4)7-12(11)16/h5-7,19H,8-9H2,1-4H3. The molecule has 0 atom stereocenters. The number of likely N-dealkylation sites (tertiary alicyclic amines) is 1. The molecule has 0 saturated carbocycles. The molecule has 1 N–H and O–H groups in total. The fourth-order valence-corrected chi connectivity index (χ4v) is 2.56. The zero-order valence-electron chi connectivity index (χ0n) is 12.6. The van der Waals surface area contributed by atoms with Gasteiger partial charge < -0.3 is 19.5 Å². The minimum atomic E-state index is -1.14. The summed E-state index contributed by atoms with van der Waals surface area (Å²) in [5, 5.41) is 11.0. The Morgan fingerprint density at radius 2 is 2.00 bits per heavy atom. The van der Waals surface area contributed by atoms with Gasteiger partial charge in [0, 0.05) is 5.56 Å². The van der Waals surface area contributed by atoms with Crippen LogP contribution in [-0.2, 0) is 10.3 Å². The number of rotatable bonds is 2. The van der Waals surface area contributed by atoms with E-state index in [1.165, 1.54) is 4.90 Å². The SMILES string of the molecule is COc1ccc(C2(O)CN(C(=O)OC(C)(C)C)C2)c(Cl)c1. The van der Waals surface area contributed by atoms with Crippen molar-refractivity contribution in [1.29, 1.82) is 0 Å². The van der Waals surface area contributed by atoms with Gasteiger partial charge in [0.25, 0.3) is 0 Å². The number of methoxy groups -OCH3 is 1. The van der Waals surface area contributed by atoms with Gasteiger partial charge in [0.2, 0.25) is 0 Å². The van der Waals surface area contributed by atoms with Crippen molar-refractivity contribution in [2.75, 3.05) is 20.2 Å². The van der Waals surface area contributed by atoms with Gasteiger partial charge in [0.1, 0.15) is 17.0 Å². The number of halogens is 1. The lowest BCUT2D eigenvalue weighted by molar-refractivity contribution is -0.103. The van der Waals surface area contributed by atoms with E-state index in [1.54, 1.807) is 46.1 Å². The predicted molar refractivity (Wildman–Crippen MR) is 79.7 cm³/mol. The van der Waals surface area contributed by atoms with Crippen molar-refractivity contribution in [3.05, 3.63) is 28.8 Å². The molecular formula is C15H20ClNO4. The van der Waals surface area contributed by atoms with Gasteiger partial charge in [-0.15, -0.1) is 0 Å². The first kappa shape index (κ1) is 15.9. The maximum Gasteiger partial charge on any atom is 0.410 e. The molecule has 1 aliphatic rings. The van der Waals surface area contributed by atoms with Crippen LogP contribution in [0.3, 0.4) is 0 Å². The highest BCUT2D eigenvalue weighted by Crippen LogP contribution is 2.38. The number of benzene rings is 1. The molecule has 21 heavy (non-hydrogen) atoms. The van der Waals surface area contributed by atoms with Gasteiger partial charge in [-0.2, -0.15) is 0 Å². The van der Waals surface area contributed by atoms with Gasteiger partial charge in [0.05, 0.1) is 25.2 Å². The summed E-state index contributed by atoms with van der Waals surface area (Å²) in [4.78, 5) is 13.3. The Morgan fingerprint density at radius 3 is 2.48 bits per heavy atom. The highest BCUT2D eigenvalue weighted by molar-refractivity contribution is 6.31. The maximum absolute atomic E-state index is 11.9. The van der Waals surface area contributed by atoms with Crippen LogP contribution in [0.5, 0.6) is 5.75 Å². The van der Waals surface area contributed by atoms with Crippen LogP contribution < -0.4 is 4.74 Å². The molecule has 1 aliphatic heterocycles. The van der Waals surface area contributed by atoms with Crippen molar-refractivity contribution in [3.63, 3.8) is 0 Å². The number of carbonyl (C=O) groups is 1. The summed E-state index contributed by atoms with van der Waals surface area (Å²) in [6.07, 6.45) is -0.434. The number of amides is 1. The first-order valence-corrected chi connectivity index (χ1v) is 7.07. The molecule has 0 unspecified atom stereocenters. The van der Waals surface area contributed by atoms with Crippen molar-refractivity contribution >= 4 is 17.7 Å². The van der Waals surface area contributed by atoms with E-state index in [0.717, 1.165) is 0 Å². The van der Waals surface area contributed by atoms with E-state index in [4.69, 9.17) is 21.1 Å². The second kappa shape index (κ2) is 5.39. The number of ether oxygens (including phenoxy) is 2. The minimum absolute atomic E-state index is 0.161. The van der Waals surface area contributed by atoms with E-state index in [1.807, 2.05) is 0 Å². The average molecular weight is 314 g/mol. The van der Waals surface area contributed by atoms with Crippen LogP contribution in [0.15, 0.2) is 18.2 Å². The summed E-state index contributed by atoms with van der Waals surface area (Å²) < 4.78 is 10.3. The van der Waals surface area contributed by atoms with E-state index in [0.29, 0.717) is 16.3 Å². The molecule has 2 rings (SSSR count). The molecule has 116 valence electrons. The van der Waals surface area contributed by atoms with Crippen molar-refractivity contribution < 1.29 is 19.4 Å². The molecule has 1 fully saturated rings. The predicted octanol–water partition coefficient (Wildman–Crippen LogP) is 2.79. The largest absolute Gasteiger partial charge is 0.497 e. The number of aliphatic hydroxyl groups is 1. The Labute approximate surface area is 129 Å². The number of hydrogen-bond donors (Lipinski definition) is 1. The summed E-state index contributed by atoms with van der Waals surface area (Å²) in [5.74, 6) is 0.621. The van der Waals surface area contributed by atoms with Crippen molar-refractivity contribution in [2.45, 2.75) is 32.0 Å². The third kappa shape index (κ3) is 3.41. The summed E-state index contributed by atoms with van der Waals surface area (Å²) >= 11 is 6.16. The fourth-order valence-electron chi connectivity index (χ4n) is 2.21. The molecule has 6 heteroatoms. The maximum atomic E-state index is 11.9. The van der Waals surface area contributed by atoms with Crippen LogP contribution >= 0.6 is 11.6 Å². The Hall–Kier alpha value is -1.46. The van der Waals surface area contributed by atoms with Gasteiger partial charge in [-0.1, -0.05) is 17.7 Å². The summed E-state index contributed by atoms with van der Waals surface area (Å²) in [7, 11) is 1.55. The van der Waals surface area contributed by atoms with Crippen molar-refractivity contribution in [2.24, 2.45) is 0 Å². The number of nitrogens with zero attached hydrogens (tertiary/aromatic N) is 1. The second-order valence-corrected chi connectivity index (χ2v) is 6.62. The Kier molecular flexibility index (Phi) is 4.08. The third-order valence-corrected chi connectivity index (χ3v) is 3.55. The molecule has 1 aromatic carbocycles. The lowest BCUT2D eigenvalue weighted by atomic mass is 9.86. The van der Waals surface area contributed by atoms with Gasteiger partial charge >= 0.3 is 6.09 Å². The molecule has 5 nitrogen and oxygen atoms in total. The topological polar surface area (TPSA) is 59.0 Å². The van der Waals surface area contributed by atoms with E-state index < -0.39 is 17.3 Å². The van der Waals surface area contributed by atoms with Crippen LogP contribution in [0, 0.1) is 0 Å². The summed E-state index contributed by atoms with van der Waals surface area (Å²) in [6.45, 7) is 5.73. The molecule has 0 aromatic heterocycles. The molecule has 1 saturated heterocycles. The van der Waals surface area contributed by atoms with Gasteiger partial charge in [0.15, 0.2) is 0 Å². The normalized spacial score (nSPS) is 17.1. The van der Waals surface area contributed by atoms with Crippen molar-refractivity contribution in [3.8, 4) is 5.75 Å². The van der Waals surface area contributed by atoms with Gasteiger partial charge in [-0.05, 0) is 32.9 Å². The third-order valence-electron chi connectivity index (χ3n) is 3.23. The molecule has 0 spiro atoms. The molecule has 1 heterocycles. The molecule has 1 aromatic rings. The zero-order valence-corrected chi connectivity index (χ0v) is 13.4. The van der Waals surface area contributed by atoms with Crippen LogP contribution in [0.25, 0.3) is 0 Å². The smallest absolute Gasteiger partial charge is 0.410 e. The number of hydrogen-bond acceptors (Lipinski definition) is 4. The van der Waals surface area contributed by atoms with E-state index in [2.05, 4.69) is 0 Å². The molecule has 1 amide bonds. The number of carbonyl (C=O) groups excluding carboxylic acids is 1. The molecule has 0 aliphatic carbocycles. The Balaban J connectivity index is 2.06. The first-order valence-electron chi connectivity index (χ1n) is 6.69. The van der Waals surface area contributed by atoms with Crippen LogP contribution in [-0.4, -0.2) is 41.9 Å². The van der Waals surface area contributed by atoms with Gasteiger partial charge in [-0.3, -0.25) is 0 Å². The van der Waals surface area contributed by atoms with E-state index >= 15 is 0 Å². The van der Waals surface area contributed by atoms with Gasteiger partial charge in [-0.25, -0.2) is 4.79 Å². The van der Waals surface area contributed by atoms with Crippen LogP contribution in [0.2, 0.25) is 5.02 Å². The monoisotopic (exact) mass is 313 g/mol. The lowest BCUT2D eigenvalue weighted by Crippen LogP contribution is -2.62. The lowest BCUT2D eigenvalue weighted by Gasteiger charge is -2.46. The molecule has 0 radical (unpaired) electrons. The number of β-amino-alcohol motifs (C(OH)–C–C–N with tert-alkyl or cyclic N) is 1. The molecular weight excluding hydrogens is 294 g/mol. The molecule has 0 bridgehead atoms. The highest BCUT2D eigenvalue weighted by Gasteiger charge is 2.47. The zero-order chi connectivity index (χ0) is 15.8. The second-order valence-electron chi connectivity index (χ2n) is 6.21. The first-order chi connectivity index (χ1) is 9.64. The van der Waals surface area contributed by atoms with E-state index in [9.17, 15) is 9.90 Å². The fraction of sp³-hybridized carbons (Fsp3) is 0.533.